The van der Waals surface area contributed by atoms with Gasteiger partial charge in [0, 0.05) is 18.5 Å². The van der Waals surface area contributed by atoms with Crippen LogP contribution in [0, 0.1) is 20.2 Å². The fourth-order valence-electron chi connectivity index (χ4n) is 1.43. The van der Waals surface area contributed by atoms with Gasteiger partial charge in [0.1, 0.15) is 5.69 Å². The topological polar surface area (TPSA) is 103 Å². The molecule has 0 spiro atoms. The summed E-state index contributed by atoms with van der Waals surface area (Å²) in [6.07, 6.45) is 3.32. The molecule has 0 fully saturated rings. The van der Waals surface area contributed by atoms with E-state index in [0.717, 1.165) is 6.07 Å². The van der Waals surface area contributed by atoms with E-state index in [9.17, 15) is 20.2 Å². The Hall–Kier alpha value is -2.90. The van der Waals surface area contributed by atoms with Gasteiger partial charge in [0.2, 0.25) is 0 Å². The molecule has 92 valence electrons. The van der Waals surface area contributed by atoms with Crippen molar-refractivity contribution in [1.29, 1.82) is 0 Å². The number of hydrogen-bond acceptors (Lipinski definition) is 5. The first kappa shape index (κ1) is 11.6. The van der Waals surface area contributed by atoms with Gasteiger partial charge in [0.25, 0.3) is 5.69 Å². The Bertz CT molecular complexity index is 594. The zero-order valence-electron chi connectivity index (χ0n) is 9.02. The van der Waals surface area contributed by atoms with Crippen molar-refractivity contribution in [2.45, 2.75) is 0 Å². The molecule has 1 aromatic heterocycles. The van der Waals surface area contributed by atoms with Gasteiger partial charge in [-0.05, 0) is 18.2 Å². The van der Waals surface area contributed by atoms with Crippen molar-refractivity contribution in [3.63, 3.8) is 0 Å². The number of nitrogens with one attached hydrogen (secondary N) is 1. The van der Waals surface area contributed by atoms with Crippen LogP contribution in [0.1, 0.15) is 0 Å². The number of hydrogen-bond donors (Lipinski definition) is 1. The van der Waals surface area contributed by atoms with Crippen LogP contribution in [-0.4, -0.2) is 14.5 Å². The lowest BCUT2D eigenvalue weighted by Gasteiger charge is -2.07. The summed E-state index contributed by atoms with van der Waals surface area (Å²) in [5.41, 5.74) is 2.27. The Morgan fingerprint density at radius 3 is 2.28 bits per heavy atom. The highest BCUT2D eigenvalue weighted by molar-refractivity contribution is 5.65. The van der Waals surface area contributed by atoms with Crippen LogP contribution in [-0.2, 0) is 0 Å². The number of benzene rings is 1. The van der Waals surface area contributed by atoms with Gasteiger partial charge in [-0.15, -0.1) is 0 Å². The lowest BCUT2D eigenvalue weighted by Crippen LogP contribution is -2.08. The Balaban J connectivity index is 2.40. The molecule has 0 atom stereocenters. The minimum atomic E-state index is -0.674. The van der Waals surface area contributed by atoms with Crippen molar-refractivity contribution >= 4 is 17.1 Å². The molecule has 0 bridgehead atoms. The van der Waals surface area contributed by atoms with E-state index in [0.29, 0.717) is 0 Å². The quantitative estimate of drug-likeness (QED) is 0.659. The summed E-state index contributed by atoms with van der Waals surface area (Å²) in [6.45, 7) is 0. The fraction of sp³-hybridized carbons (Fsp3) is 0. The molecule has 1 N–H and O–H groups in total. The zero-order valence-corrected chi connectivity index (χ0v) is 9.02. The van der Waals surface area contributed by atoms with Crippen LogP contribution in [0.5, 0.6) is 0 Å². The highest BCUT2D eigenvalue weighted by atomic mass is 16.6. The van der Waals surface area contributed by atoms with Gasteiger partial charge in [0.05, 0.1) is 15.9 Å². The average Bonchev–Trinajstić information content (AvgIpc) is 2.81. The van der Waals surface area contributed by atoms with Gasteiger partial charge in [-0.3, -0.25) is 30.3 Å². The molecule has 0 unspecified atom stereocenters. The second kappa shape index (κ2) is 4.53. The molecule has 1 heterocycles. The fourth-order valence-corrected chi connectivity index (χ4v) is 1.43. The van der Waals surface area contributed by atoms with E-state index in [1.54, 1.807) is 24.5 Å². The SMILES string of the molecule is O=[N+]([O-])c1ccc(Nn2cccc2)c([N+](=O)[O-])c1. The molecule has 0 amide bonds. The largest absolute Gasteiger partial charge is 0.300 e. The maximum Gasteiger partial charge on any atom is 0.300 e. The van der Waals surface area contributed by atoms with E-state index < -0.39 is 9.85 Å². The first-order chi connectivity index (χ1) is 8.58. The van der Waals surface area contributed by atoms with Crippen LogP contribution in [0.4, 0.5) is 17.1 Å². The summed E-state index contributed by atoms with van der Waals surface area (Å²) in [5, 5.41) is 21.4. The molecular formula is C10H8N4O4. The number of anilines is 1. The Kier molecular flexibility index (Phi) is 2.92. The summed E-state index contributed by atoms with van der Waals surface area (Å²) in [6, 6.07) is 6.91. The number of rotatable bonds is 4. The second-order valence-corrected chi connectivity index (χ2v) is 3.42. The molecule has 0 saturated carbocycles. The molecule has 0 aliphatic carbocycles. The van der Waals surface area contributed by atoms with Crippen molar-refractivity contribution in [3.8, 4) is 0 Å². The second-order valence-electron chi connectivity index (χ2n) is 3.42. The van der Waals surface area contributed by atoms with Crippen molar-refractivity contribution in [2.24, 2.45) is 0 Å². The summed E-state index contributed by atoms with van der Waals surface area (Å²) < 4.78 is 1.51. The van der Waals surface area contributed by atoms with Crippen molar-refractivity contribution in [1.82, 2.24) is 4.68 Å². The summed E-state index contributed by atoms with van der Waals surface area (Å²) in [4.78, 5) is 20.1. The molecule has 2 rings (SSSR count). The molecule has 18 heavy (non-hydrogen) atoms. The van der Waals surface area contributed by atoms with Crippen LogP contribution in [0.25, 0.3) is 0 Å². The van der Waals surface area contributed by atoms with Gasteiger partial charge >= 0.3 is 5.69 Å². The van der Waals surface area contributed by atoms with Gasteiger partial charge < -0.3 is 0 Å². The summed E-state index contributed by atoms with van der Waals surface area (Å²) >= 11 is 0. The van der Waals surface area contributed by atoms with Gasteiger partial charge in [-0.2, -0.15) is 0 Å². The van der Waals surface area contributed by atoms with Gasteiger partial charge in [-0.1, -0.05) is 0 Å². The van der Waals surface area contributed by atoms with E-state index in [4.69, 9.17) is 0 Å². The predicted molar refractivity (Wildman–Crippen MR) is 63.2 cm³/mol. The Morgan fingerprint density at radius 2 is 1.72 bits per heavy atom. The first-order valence-corrected chi connectivity index (χ1v) is 4.91. The van der Waals surface area contributed by atoms with Gasteiger partial charge in [0.15, 0.2) is 0 Å². The number of nitro benzene ring substituents is 2. The molecular weight excluding hydrogens is 240 g/mol. The van der Waals surface area contributed by atoms with Gasteiger partial charge in [-0.25, -0.2) is 0 Å². The third kappa shape index (κ3) is 2.26. The molecule has 8 nitrogen and oxygen atoms in total. The third-order valence-corrected chi connectivity index (χ3v) is 2.24. The monoisotopic (exact) mass is 248 g/mol. The molecule has 0 aliphatic heterocycles. The van der Waals surface area contributed by atoms with E-state index >= 15 is 0 Å². The van der Waals surface area contributed by atoms with E-state index in [1.165, 1.54) is 16.8 Å². The van der Waals surface area contributed by atoms with Crippen molar-refractivity contribution < 1.29 is 9.85 Å². The maximum absolute atomic E-state index is 10.9. The summed E-state index contributed by atoms with van der Waals surface area (Å²) in [7, 11) is 0. The highest BCUT2D eigenvalue weighted by Gasteiger charge is 2.19. The third-order valence-electron chi connectivity index (χ3n) is 2.24. The maximum atomic E-state index is 10.9. The molecule has 2 aromatic rings. The lowest BCUT2D eigenvalue weighted by molar-refractivity contribution is -0.393. The Labute approximate surface area is 101 Å². The van der Waals surface area contributed by atoms with Crippen LogP contribution in [0.3, 0.4) is 0 Å². The number of aromatic nitrogens is 1. The standard InChI is InChI=1S/C10H8N4O4/c15-13(16)8-3-4-9(10(7-8)14(17)18)11-12-5-1-2-6-12/h1-7,11H. The smallest absolute Gasteiger partial charge is 0.288 e. The molecule has 0 radical (unpaired) electrons. The van der Waals surface area contributed by atoms with Crippen molar-refractivity contribution in [3.05, 3.63) is 63.0 Å². The van der Waals surface area contributed by atoms with Crippen LogP contribution in [0.15, 0.2) is 42.7 Å². The zero-order chi connectivity index (χ0) is 13.1. The molecule has 0 saturated heterocycles. The average molecular weight is 248 g/mol. The van der Waals surface area contributed by atoms with Crippen LogP contribution in [0.2, 0.25) is 0 Å². The summed E-state index contributed by atoms with van der Waals surface area (Å²) in [5.74, 6) is 0. The molecule has 8 heteroatoms. The van der Waals surface area contributed by atoms with E-state index in [2.05, 4.69) is 5.43 Å². The van der Waals surface area contributed by atoms with E-state index in [-0.39, 0.29) is 17.1 Å². The highest BCUT2D eigenvalue weighted by Crippen LogP contribution is 2.28. The minimum absolute atomic E-state index is 0.182. The predicted octanol–water partition coefficient (Wildman–Crippen LogP) is 2.18. The van der Waals surface area contributed by atoms with Crippen LogP contribution >= 0.6 is 0 Å². The normalized spacial score (nSPS) is 10.0. The number of nitro groups is 2. The Morgan fingerprint density at radius 1 is 1.06 bits per heavy atom. The number of nitrogens with zero attached hydrogens (tertiary/aromatic N) is 3. The molecule has 1 aromatic carbocycles. The first-order valence-electron chi connectivity index (χ1n) is 4.91. The minimum Gasteiger partial charge on any atom is -0.288 e. The lowest BCUT2D eigenvalue weighted by atomic mass is 10.2. The number of non-ortho nitro benzene ring substituents is 1. The van der Waals surface area contributed by atoms with E-state index in [1.807, 2.05) is 0 Å². The van der Waals surface area contributed by atoms with Crippen molar-refractivity contribution in [2.75, 3.05) is 5.43 Å². The van der Waals surface area contributed by atoms with Crippen LogP contribution < -0.4 is 5.43 Å². The molecule has 0 aliphatic rings.